The Morgan fingerprint density at radius 3 is 2.08 bits per heavy atom. The zero-order valence-corrected chi connectivity index (χ0v) is 22.3. The molecule has 1 aliphatic rings. The standard InChI is InChI=1S/C31H41NO5/c1-4-31(3,32)30(33)37-29-17-13-25-20-28(16-12-26(25)21-29)36-22(2)34-18-19-35-27-14-10-24(11-15-27)23-8-6-5-7-9-23/h10-17,20-23,30,33H,4-9,18-19,32H2,1-3H3. The average molecular weight is 508 g/mol. The molecule has 37 heavy (non-hydrogen) atoms. The molecule has 0 radical (unpaired) electrons. The predicted octanol–water partition coefficient (Wildman–Crippen LogP) is 6.53. The van der Waals surface area contributed by atoms with E-state index in [4.69, 9.17) is 24.7 Å². The highest BCUT2D eigenvalue weighted by Crippen LogP contribution is 2.33. The maximum absolute atomic E-state index is 10.3. The van der Waals surface area contributed by atoms with E-state index in [-0.39, 0.29) is 0 Å². The Balaban J connectivity index is 1.22. The molecule has 3 N–H and O–H groups in total. The number of hydrogen-bond donors (Lipinski definition) is 2. The molecule has 0 aromatic heterocycles. The molecule has 3 aromatic rings. The monoisotopic (exact) mass is 507 g/mol. The molecular formula is C31H41NO5. The minimum atomic E-state index is -1.08. The van der Waals surface area contributed by atoms with Gasteiger partial charge in [-0.25, -0.2) is 0 Å². The van der Waals surface area contributed by atoms with Crippen LogP contribution in [0.2, 0.25) is 0 Å². The van der Waals surface area contributed by atoms with Crippen LogP contribution in [0.3, 0.4) is 0 Å². The molecule has 0 spiro atoms. The molecule has 0 bridgehead atoms. The Hall–Kier alpha value is -2.80. The van der Waals surface area contributed by atoms with Crippen molar-refractivity contribution in [3.05, 3.63) is 66.2 Å². The number of ether oxygens (including phenoxy) is 4. The van der Waals surface area contributed by atoms with Crippen LogP contribution in [-0.2, 0) is 4.74 Å². The van der Waals surface area contributed by atoms with E-state index in [0.717, 1.165) is 16.5 Å². The summed E-state index contributed by atoms with van der Waals surface area (Å²) >= 11 is 0. The summed E-state index contributed by atoms with van der Waals surface area (Å²) in [5.74, 6) is 2.86. The number of benzene rings is 3. The second kappa shape index (κ2) is 12.6. The van der Waals surface area contributed by atoms with Gasteiger partial charge in [-0.15, -0.1) is 0 Å². The van der Waals surface area contributed by atoms with Gasteiger partial charge in [0.25, 0.3) is 0 Å². The van der Waals surface area contributed by atoms with Crippen LogP contribution in [0.15, 0.2) is 60.7 Å². The molecule has 0 aliphatic heterocycles. The van der Waals surface area contributed by atoms with Crippen molar-refractivity contribution in [1.82, 2.24) is 0 Å². The van der Waals surface area contributed by atoms with Crippen molar-refractivity contribution in [3.63, 3.8) is 0 Å². The van der Waals surface area contributed by atoms with Gasteiger partial charge in [0.1, 0.15) is 23.9 Å². The number of aliphatic hydroxyl groups is 1. The van der Waals surface area contributed by atoms with Gasteiger partial charge < -0.3 is 29.8 Å². The molecule has 0 amide bonds. The maximum Gasteiger partial charge on any atom is 0.215 e. The third-order valence-electron chi connectivity index (χ3n) is 7.32. The summed E-state index contributed by atoms with van der Waals surface area (Å²) < 4.78 is 23.3. The number of hydrogen-bond acceptors (Lipinski definition) is 6. The summed E-state index contributed by atoms with van der Waals surface area (Å²) in [6.07, 6.45) is 5.76. The second-order valence-electron chi connectivity index (χ2n) is 10.3. The molecule has 200 valence electrons. The van der Waals surface area contributed by atoms with Crippen molar-refractivity contribution in [1.29, 1.82) is 0 Å². The summed E-state index contributed by atoms with van der Waals surface area (Å²) in [6, 6.07) is 20.0. The first-order valence-corrected chi connectivity index (χ1v) is 13.5. The molecule has 4 rings (SSSR count). The van der Waals surface area contributed by atoms with Gasteiger partial charge in [-0.3, -0.25) is 0 Å². The summed E-state index contributed by atoms with van der Waals surface area (Å²) in [4.78, 5) is 0. The van der Waals surface area contributed by atoms with E-state index in [2.05, 4.69) is 24.3 Å². The van der Waals surface area contributed by atoms with Gasteiger partial charge in [0.15, 0.2) is 6.29 Å². The van der Waals surface area contributed by atoms with Gasteiger partial charge in [0.2, 0.25) is 6.29 Å². The van der Waals surface area contributed by atoms with Crippen LogP contribution in [0.4, 0.5) is 0 Å². The highest BCUT2D eigenvalue weighted by atomic mass is 16.7. The molecule has 3 aromatic carbocycles. The van der Waals surface area contributed by atoms with Crippen LogP contribution in [0.1, 0.15) is 70.8 Å². The fourth-order valence-corrected chi connectivity index (χ4v) is 4.66. The molecule has 1 aliphatic carbocycles. The van der Waals surface area contributed by atoms with Crippen LogP contribution in [0, 0.1) is 0 Å². The first-order valence-electron chi connectivity index (χ1n) is 13.5. The van der Waals surface area contributed by atoms with Gasteiger partial charge in [-0.1, -0.05) is 50.5 Å². The Kier molecular flexibility index (Phi) is 9.30. The zero-order chi connectivity index (χ0) is 26.3. The third-order valence-corrected chi connectivity index (χ3v) is 7.32. The number of nitrogens with two attached hydrogens (primary N) is 1. The van der Waals surface area contributed by atoms with Crippen LogP contribution >= 0.6 is 0 Å². The van der Waals surface area contributed by atoms with Crippen LogP contribution in [-0.4, -0.2) is 36.4 Å². The van der Waals surface area contributed by atoms with Crippen molar-refractivity contribution < 1.29 is 24.1 Å². The van der Waals surface area contributed by atoms with Gasteiger partial charge in [0, 0.05) is 0 Å². The van der Waals surface area contributed by atoms with Crippen LogP contribution in [0.5, 0.6) is 17.2 Å². The number of fused-ring (bicyclic) bond motifs is 1. The molecule has 3 unspecified atom stereocenters. The average Bonchev–Trinajstić information content (AvgIpc) is 2.92. The molecular weight excluding hydrogens is 466 g/mol. The smallest absolute Gasteiger partial charge is 0.215 e. The first-order chi connectivity index (χ1) is 17.8. The van der Waals surface area contributed by atoms with Gasteiger partial charge >= 0.3 is 0 Å². The summed E-state index contributed by atoms with van der Waals surface area (Å²) in [6.45, 7) is 6.45. The van der Waals surface area contributed by atoms with E-state index in [1.54, 1.807) is 6.92 Å². The second-order valence-corrected chi connectivity index (χ2v) is 10.3. The van der Waals surface area contributed by atoms with Crippen LogP contribution in [0.25, 0.3) is 10.8 Å². The predicted molar refractivity (Wildman–Crippen MR) is 147 cm³/mol. The summed E-state index contributed by atoms with van der Waals surface area (Å²) in [5.41, 5.74) is 6.69. The highest BCUT2D eigenvalue weighted by Gasteiger charge is 2.28. The van der Waals surface area contributed by atoms with E-state index in [9.17, 15) is 5.11 Å². The normalized spacial score (nSPS) is 17.6. The zero-order valence-electron chi connectivity index (χ0n) is 22.3. The fourth-order valence-electron chi connectivity index (χ4n) is 4.66. The lowest BCUT2D eigenvalue weighted by atomic mass is 9.84. The molecule has 1 fully saturated rings. The van der Waals surface area contributed by atoms with Crippen LogP contribution < -0.4 is 19.9 Å². The fraction of sp³-hybridized carbons (Fsp3) is 0.484. The highest BCUT2D eigenvalue weighted by molar-refractivity contribution is 5.85. The number of aliphatic hydroxyl groups excluding tert-OH is 1. The summed E-state index contributed by atoms with van der Waals surface area (Å²) in [5, 5.41) is 12.2. The molecule has 0 heterocycles. The van der Waals surface area contributed by atoms with E-state index < -0.39 is 18.1 Å². The lowest BCUT2D eigenvalue weighted by Gasteiger charge is -2.29. The summed E-state index contributed by atoms with van der Waals surface area (Å²) in [7, 11) is 0. The van der Waals surface area contributed by atoms with Crippen molar-refractivity contribution in [2.24, 2.45) is 5.73 Å². The molecule has 0 saturated heterocycles. The maximum atomic E-state index is 10.3. The molecule has 6 heteroatoms. The molecule has 6 nitrogen and oxygen atoms in total. The first kappa shape index (κ1) is 27.2. The van der Waals surface area contributed by atoms with E-state index in [1.807, 2.05) is 50.2 Å². The largest absolute Gasteiger partial charge is 0.491 e. The molecule has 1 saturated carbocycles. The Morgan fingerprint density at radius 2 is 1.46 bits per heavy atom. The third kappa shape index (κ3) is 7.60. The SMILES string of the molecule is CCC(C)(N)C(O)Oc1ccc2cc(OC(C)OCCOc3ccc(C4CCCCC4)cc3)ccc2c1. The lowest BCUT2D eigenvalue weighted by Crippen LogP contribution is -2.50. The van der Waals surface area contributed by atoms with Crippen molar-refractivity contribution in [3.8, 4) is 17.2 Å². The van der Waals surface area contributed by atoms with Gasteiger partial charge in [-0.2, -0.15) is 0 Å². The van der Waals surface area contributed by atoms with Crippen molar-refractivity contribution in [2.45, 2.75) is 83.3 Å². The van der Waals surface area contributed by atoms with Crippen molar-refractivity contribution >= 4 is 10.8 Å². The van der Waals surface area contributed by atoms with E-state index >= 15 is 0 Å². The lowest BCUT2D eigenvalue weighted by molar-refractivity contribution is -0.0738. The van der Waals surface area contributed by atoms with E-state index in [1.165, 1.54) is 37.7 Å². The Bertz CT molecular complexity index is 1120. The Labute approximate surface area is 220 Å². The topological polar surface area (TPSA) is 83.2 Å². The van der Waals surface area contributed by atoms with E-state index in [0.29, 0.717) is 37.1 Å². The molecule has 3 atom stereocenters. The van der Waals surface area contributed by atoms with Gasteiger partial charge in [-0.05, 0) is 91.8 Å². The minimum absolute atomic E-state index is 0.413. The Morgan fingerprint density at radius 1 is 0.865 bits per heavy atom. The number of rotatable bonds is 12. The quantitative estimate of drug-likeness (QED) is 0.214. The van der Waals surface area contributed by atoms with Crippen molar-refractivity contribution in [2.75, 3.05) is 13.2 Å². The minimum Gasteiger partial charge on any atom is -0.491 e. The van der Waals surface area contributed by atoms with Gasteiger partial charge in [0.05, 0.1) is 12.1 Å².